The SMILES string of the molecule is CC(=O)[C@@H](N)CCC(=O)N[C@@H](CSC(CS(=O)(=O)c1ccccc1)n1ncn(C)c1=O)C(=O)NCC(=O)O. The van der Waals surface area contributed by atoms with Crippen molar-refractivity contribution in [1.29, 1.82) is 0 Å². The van der Waals surface area contributed by atoms with Crippen LogP contribution in [0.25, 0.3) is 0 Å². The number of Topliss-reactive ketones (excluding diaryl/α,β-unsaturated/α-hetero) is 1. The van der Waals surface area contributed by atoms with Gasteiger partial charge >= 0.3 is 11.7 Å². The number of carboxylic acids is 1. The van der Waals surface area contributed by atoms with Crippen molar-refractivity contribution >= 4 is 45.2 Å². The van der Waals surface area contributed by atoms with Gasteiger partial charge in [0.15, 0.2) is 9.84 Å². The Morgan fingerprint density at radius 1 is 1.18 bits per heavy atom. The highest BCUT2D eigenvalue weighted by Gasteiger charge is 2.29. The van der Waals surface area contributed by atoms with Gasteiger partial charge in [-0.1, -0.05) is 18.2 Å². The first-order chi connectivity index (χ1) is 17.8. The Morgan fingerprint density at radius 3 is 2.39 bits per heavy atom. The summed E-state index contributed by atoms with van der Waals surface area (Å²) in [6, 6.07) is 5.43. The van der Waals surface area contributed by atoms with Crippen molar-refractivity contribution in [2.75, 3.05) is 18.1 Å². The van der Waals surface area contributed by atoms with Crippen LogP contribution in [-0.4, -0.2) is 81.6 Å². The van der Waals surface area contributed by atoms with Gasteiger partial charge in [-0.15, -0.1) is 11.8 Å². The highest BCUT2D eigenvalue weighted by Crippen LogP contribution is 2.26. The molecule has 38 heavy (non-hydrogen) atoms. The summed E-state index contributed by atoms with van der Waals surface area (Å²) < 4.78 is 28.2. The molecule has 208 valence electrons. The summed E-state index contributed by atoms with van der Waals surface area (Å²) in [5.74, 6) is -3.86. The van der Waals surface area contributed by atoms with Gasteiger partial charge in [0.25, 0.3) is 0 Å². The number of hydrogen-bond donors (Lipinski definition) is 4. The maximum Gasteiger partial charge on any atom is 0.346 e. The van der Waals surface area contributed by atoms with Crippen molar-refractivity contribution < 1.29 is 32.7 Å². The lowest BCUT2D eigenvalue weighted by atomic mass is 10.1. The Labute approximate surface area is 222 Å². The molecule has 1 aromatic heterocycles. The Balaban J connectivity index is 2.26. The summed E-state index contributed by atoms with van der Waals surface area (Å²) in [5.41, 5.74) is 5.05. The van der Waals surface area contributed by atoms with E-state index in [1.54, 1.807) is 18.2 Å². The molecule has 0 radical (unpaired) electrons. The van der Waals surface area contributed by atoms with E-state index in [1.165, 1.54) is 32.4 Å². The molecule has 0 aliphatic carbocycles. The van der Waals surface area contributed by atoms with E-state index in [2.05, 4.69) is 15.7 Å². The molecule has 1 aromatic carbocycles. The number of aliphatic carboxylic acids is 1. The Bertz CT molecular complexity index is 1310. The van der Waals surface area contributed by atoms with Crippen molar-refractivity contribution in [2.45, 2.75) is 42.1 Å². The first-order valence-corrected chi connectivity index (χ1v) is 14.1. The topological polar surface area (TPSA) is 213 Å². The molecular weight excluding hydrogens is 540 g/mol. The van der Waals surface area contributed by atoms with Crippen molar-refractivity contribution in [3.8, 4) is 0 Å². The first kappa shape index (κ1) is 30.7. The average molecular weight is 571 g/mol. The summed E-state index contributed by atoms with van der Waals surface area (Å²) in [4.78, 5) is 60.0. The second-order valence-corrected chi connectivity index (χ2v) is 11.6. The van der Waals surface area contributed by atoms with Crippen molar-refractivity contribution in [3.63, 3.8) is 0 Å². The first-order valence-electron chi connectivity index (χ1n) is 11.4. The third-order valence-electron chi connectivity index (χ3n) is 5.31. The maximum absolute atomic E-state index is 13.1. The lowest BCUT2D eigenvalue weighted by Gasteiger charge is -2.22. The van der Waals surface area contributed by atoms with Crippen molar-refractivity contribution in [3.05, 3.63) is 47.1 Å². The van der Waals surface area contributed by atoms with Gasteiger partial charge in [0.2, 0.25) is 11.8 Å². The number of carbonyl (C=O) groups is 4. The molecule has 2 rings (SSSR count). The molecular formula is C22H30N6O8S2. The monoisotopic (exact) mass is 570 g/mol. The van der Waals surface area contributed by atoms with Gasteiger partial charge in [-0.3, -0.25) is 23.7 Å². The fraction of sp³-hybridized carbons (Fsp3) is 0.455. The number of nitrogens with zero attached hydrogens (tertiary/aromatic N) is 3. The van der Waals surface area contributed by atoms with E-state index in [4.69, 9.17) is 10.8 Å². The minimum absolute atomic E-state index is 0.0268. The Hall–Kier alpha value is -3.50. The van der Waals surface area contributed by atoms with Crippen LogP contribution in [0.2, 0.25) is 0 Å². The zero-order chi connectivity index (χ0) is 28.5. The molecule has 16 heteroatoms. The fourth-order valence-corrected chi connectivity index (χ4v) is 6.26. The van der Waals surface area contributed by atoms with Crippen molar-refractivity contribution in [1.82, 2.24) is 25.0 Å². The zero-order valence-electron chi connectivity index (χ0n) is 20.8. The van der Waals surface area contributed by atoms with Gasteiger partial charge in [-0.2, -0.15) is 9.78 Å². The molecule has 0 aliphatic rings. The molecule has 2 aromatic rings. The summed E-state index contributed by atoms with van der Waals surface area (Å²) in [6.45, 7) is 0.571. The van der Waals surface area contributed by atoms with E-state index >= 15 is 0 Å². The van der Waals surface area contributed by atoms with Gasteiger partial charge in [0.1, 0.15) is 30.1 Å². The summed E-state index contributed by atoms with van der Waals surface area (Å²) in [6.07, 6.45) is 1.06. The van der Waals surface area contributed by atoms with E-state index in [1.807, 2.05) is 0 Å². The number of carbonyl (C=O) groups excluding carboxylic acids is 3. The minimum atomic E-state index is -3.90. The van der Waals surface area contributed by atoms with Crippen LogP contribution >= 0.6 is 11.8 Å². The van der Waals surface area contributed by atoms with Crippen LogP contribution in [0.15, 0.2) is 46.3 Å². The van der Waals surface area contributed by atoms with E-state index in [0.717, 1.165) is 21.0 Å². The molecule has 0 saturated heterocycles. The number of ketones is 1. The molecule has 5 N–H and O–H groups in total. The lowest BCUT2D eigenvalue weighted by Crippen LogP contribution is -2.49. The standard InChI is InChI=1S/C22H30N6O8S2/c1-14(29)16(23)8-9-18(30)26-17(21(33)24-10-20(31)32)11-37-19(28-22(34)27(2)13-25-28)12-38(35,36)15-6-4-3-5-7-15/h3-7,13,16-17,19H,8-12,23H2,1-2H3,(H,24,33)(H,26,30)(H,31,32)/t16-,17-,19?/m0/s1. The third kappa shape index (κ3) is 9.11. The number of amides is 2. The highest BCUT2D eigenvalue weighted by atomic mass is 32.2. The molecule has 14 nitrogen and oxygen atoms in total. The second kappa shape index (κ2) is 13.9. The molecule has 2 amide bonds. The van der Waals surface area contributed by atoms with Gasteiger partial charge in [-0.05, 0) is 25.5 Å². The van der Waals surface area contributed by atoms with Crippen LogP contribution in [-0.2, 0) is 36.1 Å². The quantitative estimate of drug-likeness (QED) is 0.197. The van der Waals surface area contributed by atoms with E-state index in [-0.39, 0.29) is 29.3 Å². The van der Waals surface area contributed by atoms with Gasteiger partial charge < -0.3 is 21.5 Å². The molecule has 0 bridgehead atoms. The normalized spacial score (nSPS) is 13.8. The van der Waals surface area contributed by atoms with Gasteiger partial charge in [-0.25, -0.2) is 13.2 Å². The third-order valence-corrected chi connectivity index (χ3v) is 8.54. The second-order valence-electron chi connectivity index (χ2n) is 8.34. The number of aryl methyl sites for hydroxylation is 1. The van der Waals surface area contributed by atoms with E-state index in [9.17, 15) is 32.4 Å². The summed E-state index contributed by atoms with van der Waals surface area (Å²) >= 11 is 0.872. The number of sulfone groups is 1. The largest absolute Gasteiger partial charge is 0.480 e. The molecule has 0 saturated carbocycles. The Morgan fingerprint density at radius 2 is 1.84 bits per heavy atom. The molecule has 0 aliphatic heterocycles. The van der Waals surface area contributed by atoms with Gasteiger partial charge in [0.05, 0.1) is 16.7 Å². The predicted molar refractivity (Wildman–Crippen MR) is 138 cm³/mol. The van der Waals surface area contributed by atoms with E-state index < -0.39 is 63.1 Å². The lowest BCUT2D eigenvalue weighted by molar-refractivity contribution is -0.138. The van der Waals surface area contributed by atoms with Crippen LogP contribution in [0.1, 0.15) is 25.1 Å². The van der Waals surface area contributed by atoms with Crippen LogP contribution in [0.5, 0.6) is 0 Å². The number of carboxylic acid groups (broad SMARTS) is 1. The van der Waals surface area contributed by atoms with Crippen molar-refractivity contribution in [2.24, 2.45) is 12.8 Å². The minimum Gasteiger partial charge on any atom is -0.480 e. The number of nitrogens with one attached hydrogen (secondary N) is 2. The number of aromatic nitrogens is 3. The number of nitrogens with two attached hydrogens (primary N) is 1. The van der Waals surface area contributed by atoms with Crippen LogP contribution in [0.4, 0.5) is 0 Å². The number of rotatable bonds is 15. The van der Waals surface area contributed by atoms with Crippen LogP contribution in [0.3, 0.4) is 0 Å². The average Bonchev–Trinajstić information content (AvgIpc) is 3.20. The summed E-state index contributed by atoms with van der Waals surface area (Å²) in [7, 11) is -2.46. The zero-order valence-corrected chi connectivity index (χ0v) is 22.4. The number of hydrogen-bond acceptors (Lipinski definition) is 10. The molecule has 1 unspecified atom stereocenters. The molecule has 0 spiro atoms. The maximum atomic E-state index is 13.1. The Kier molecular flexibility index (Phi) is 11.2. The number of benzene rings is 1. The summed E-state index contributed by atoms with van der Waals surface area (Å²) in [5, 5.41) is 16.4. The van der Waals surface area contributed by atoms with Crippen LogP contribution < -0.4 is 22.1 Å². The number of thioether (sulfide) groups is 1. The predicted octanol–water partition coefficient (Wildman–Crippen LogP) is -1.33. The van der Waals surface area contributed by atoms with Crippen LogP contribution in [0, 0.1) is 0 Å². The van der Waals surface area contributed by atoms with E-state index in [0.29, 0.717) is 0 Å². The smallest absolute Gasteiger partial charge is 0.346 e. The van der Waals surface area contributed by atoms with Gasteiger partial charge in [0, 0.05) is 19.2 Å². The fourth-order valence-electron chi connectivity index (χ4n) is 3.12. The molecule has 0 fully saturated rings. The molecule has 1 heterocycles. The molecule has 3 atom stereocenters. The highest BCUT2D eigenvalue weighted by molar-refractivity contribution is 8.00.